The lowest BCUT2D eigenvalue weighted by atomic mass is 10.1. The lowest BCUT2D eigenvalue weighted by molar-refractivity contribution is -0.111. The van der Waals surface area contributed by atoms with Gasteiger partial charge in [-0.2, -0.15) is 5.10 Å². The van der Waals surface area contributed by atoms with Crippen LogP contribution in [-0.4, -0.2) is 35.8 Å². The van der Waals surface area contributed by atoms with Crippen LogP contribution in [0.25, 0.3) is 6.08 Å². The van der Waals surface area contributed by atoms with Crippen molar-refractivity contribution in [1.82, 2.24) is 15.1 Å². The highest BCUT2D eigenvalue weighted by Gasteiger charge is 2.16. The monoisotopic (exact) mass is 448 g/mol. The molecule has 0 aliphatic rings. The largest absolute Gasteiger partial charge is 0.496 e. The van der Waals surface area contributed by atoms with E-state index in [2.05, 4.69) is 15.7 Å². The predicted octanol–water partition coefficient (Wildman–Crippen LogP) is 3.81. The van der Waals surface area contributed by atoms with Gasteiger partial charge >= 0.3 is 0 Å². The van der Waals surface area contributed by atoms with Crippen LogP contribution in [0.5, 0.6) is 11.5 Å². The summed E-state index contributed by atoms with van der Waals surface area (Å²) >= 11 is 0. The molecule has 0 aliphatic carbocycles. The van der Waals surface area contributed by atoms with Crippen LogP contribution in [0.4, 0.5) is 5.69 Å². The number of carbonyl (C=O) groups is 2. The Hall–Kier alpha value is -4.07. The Balaban J connectivity index is 1.71. The number of nitrogens with zero attached hydrogens (tertiary/aromatic N) is 2. The Morgan fingerprint density at radius 3 is 2.58 bits per heavy atom. The maximum absolute atomic E-state index is 12.5. The van der Waals surface area contributed by atoms with Crippen LogP contribution in [0.1, 0.15) is 34.1 Å². The molecule has 0 saturated heterocycles. The van der Waals surface area contributed by atoms with Crippen LogP contribution in [0.15, 0.2) is 54.7 Å². The standard InChI is InChI=1S/C25H28N4O4/c1-5-29-15-21(24(28-29)25(31)26-3)27-23(30)13-9-18-8-12-22(32-4)19(14-18)16-33-20-10-6-17(2)7-11-20/h6-15H,5,16H2,1-4H3,(H,26,31)(H,27,30)/b13-9+. The molecule has 0 unspecified atom stereocenters. The second-order valence-electron chi connectivity index (χ2n) is 7.32. The number of ether oxygens (including phenoxy) is 2. The maximum atomic E-state index is 12.5. The van der Waals surface area contributed by atoms with Gasteiger partial charge in [-0.1, -0.05) is 23.8 Å². The van der Waals surface area contributed by atoms with Gasteiger partial charge in [0.05, 0.1) is 12.8 Å². The molecule has 8 nitrogen and oxygen atoms in total. The third-order valence-electron chi connectivity index (χ3n) is 4.93. The quantitative estimate of drug-likeness (QED) is 0.486. The molecule has 3 rings (SSSR count). The minimum absolute atomic E-state index is 0.168. The summed E-state index contributed by atoms with van der Waals surface area (Å²) in [5, 5.41) is 9.44. The first-order valence-corrected chi connectivity index (χ1v) is 10.6. The molecule has 2 N–H and O–H groups in total. The molecule has 172 valence electrons. The maximum Gasteiger partial charge on any atom is 0.273 e. The number of aryl methyl sites for hydroxylation is 2. The molecule has 0 bridgehead atoms. The zero-order valence-corrected chi connectivity index (χ0v) is 19.2. The van der Waals surface area contributed by atoms with Gasteiger partial charge in [-0.25, -0.2) is 0 Å². The number of amides is 2. The van der Waals surface area contributed by atoms with E-state index >= 15 is 0 Å². The number of methoxy groups -OCH3 is 1. The highest BCUT2D eigenvalue weighted by Crippen LogP contribution is 2.23. The molecule has 8 heteroatoms. The van der Waals surface area contributed by atoms with E-state index in [1.54, 1.807) is 24.1 Å². The van der Waals surface area contributed by atoms with Crippen LogP contribution < -0.4 is 20.1 Å². The van der Waals surface area contributed by atoms with Gasteiger partial charge < -0.3 is 20.1 Å². The number of nitrogens with one attached hydrogen (secondary N) is 2. The SMILES string of the molecule is CCn1cc(NC(=O)/C=C/c2ccc(OC)c(COc3ccc(C)cc3)c2)c(C(=O)NC)n1. The summed E-state index contributed by atoms with van der Waals surface area (Å²) in [7, 11) is 3.12. The fourth-order valence-corrected chi connectivity index (χ4v) is 3.12. The Bertz CT molecular complexity index is 1150. The summed E-state index contributed by atoms with van der Waals surface area (Å²) in [6, 6.07) is 13.4. The molecule has 1 aromatic heterocycles. The van der Waals surface area contributed by atoms with Gasteiger partial charge in [0.15, 0.2) is 5.69 Å². The van der Waals surface area contributed by atoms with Crippen molar-refractivity contribution in [3.8, 4) is 11.5 Å². The van der Waals surface area contributed by atoms with Crippen molar-refractivity contribution in [1.29, 1.82) is 0 Å². The molecule has 2 amide bonds. The van der Waals surface area contributed by atoms with Crippen molar-refractivity contribution in [2.24, 2.45) is 0 Å². The molecule has 1 heterocycles. The van der Waals surface area contributed by atoms with E-state index in [0.29, 0.717) is 24.6 Å². The Kier molecular flexibility index (Phi) is 7.86. The minimum atomic E-state index is -0.371. The minimum Gasteiger partial charge on any atom is -0.496 e. The van der Waals surface area contributed by atoms with Gasteiger partial charge in [0.25, 0.3) is 5.91 Å². The molecular weight excluding hydrogens is 420 g/mol. The average molecular weight is 449 g/mol. The first-order chi connectivity index (χ1) is 15.9. The molecule has 0 radical (unpaired) electrons. The predicted molar refractivity (Wildman–Crippen MR) is 127 cm³/mol. The summed E-state index contributed by atoms with van der Waals surface area (Å²) in [6.07, 6.45) is 4.72. The zero-order valence-electron chi connectivity index (χ0n) is 19.2. The van der Waals surface area contributed by atoms with Gasteiger partial charge in [0.2, 0.25) is 5.91 Å². The summed E-state index contributed by atoms with van der Waals surface area (Å²) in [5.41, 5.74) is 3.35. The van der Waals surface area contributed by atoms with Crippen molar-refractivity contribution in [2.45, 2.75) is 27.0 Å². The fourth-order valence-electron chi connectivity index (χ4n) is 3.12. The van der Waals surface area contributed by atoms with Crippen molar-refractivity contribution < 1.29 is 19.1 Å². The Morgan fingerprint density at radius 1 is 1.15 bits per heavy atom. The van der Waals surface area contributed by atoms with Crippen LogP contribution in [-0.2, 0) is 17.9 Å². The number of hydrogen-bond acceptors (Lipinski definition) is 5. The highest BCUT2D eigenvalue weighted by atomic mass is 16.5. The van der Waals surface area contributed by atoms with E-state index in [0.717, 1.165) is 22.4 Å². The number of benzene rings is 2. The smallest absolute Gasteiger partial charge is 0.273 e. The summed E-state index contributed by atoms with van der Waals surface area (Å²) in [4.78, 5) is 24.5. The van der Waals surface area contributed by atoms with Crippen LogP contribution in [0.2, 0.25) is 0 Å². The van der Waals surface area contributed by atoms with Crippen LogP contribution in [0, 0.1) is 6.92 Å². The average Bonchev–Trinajstić information content (AvgIpc) is 3.24. The van der Waals surface area contributed by atoms with E-state index < -0.39 is 0 Å². The number of carbonyl (C=O) groups excluding carboxylic acids is 2. The molecule has 0 aliphatic heterocycles. The molecule has 0 atom stereocenters. The Labute approximate surface area is 193 Å². The van der Waals surface area contributed by atoms with E-state index in [-0.39, 0.29) is 17.5 Å². The van der Waals surface area contributed by atoms with E-state index in [9.17, 15) is 9.59 Å². The second kappa shape index (κ2) is 11.0. The number of rotatable bonds is 9. The molecule has 0 saturated carbocycles. The van der Waals surface area contributed by atoms with Crippen molar-refractivity contribution in [2.75, 3.05) is 19.5 Å². The molecule has 33 heavy (non-hydrogen) atoms. The number of hydrogen-bond donors (Lipinski definition) is 2. The van der Waals surface area contributed by atoms with E-state index in [1.807, 2.05) is 56.3 Å². The molecule has 0 spiro atoms. The normalized spacial score (nSPS) is 10.8. The third-order valence-corrected chi connectivity index (χ3v) is 4.93. The first kappa shape index (κ1) is 23.6. The van der Waals surface area contributed by atoms with Gasteiger partial charge in [-0.15, -0.1) is 0 Å². The topological polar surface area (TPSA) is 94.5 Å². The Morgan fingerprint density at radius 2 is 1.91 bits per heavy atom. The van der Waals surface area contributed by atoms with Crippen LogP contribution >= 0.6 is 0 Å². The summed E-state index contributed by atoms with van der Waals surface area (Å²) in [6.45, 7) is 4.82. The first-order valence-electron chi connectivity index (χ1n) is 10.6. The molecule has 0 fully saturated rings. The fraction of sp³-hybridized carbons (Fsp3) is 0.240. The van der Waals surface area contributed by atoms with Crippen molar-refractivity contribution in [3.63, 3.8) is 0 Å². The third kappa shape index (κ3) is 6.22. The zero-order chi connectivity index (χ0) is 23.8. The lowest BCUT2D eigenvalue weighted by Crippen LogP contribution is -2.21. The van der Waals surface area contributed by atoms with Crippen molar-refractivity contribution >= 4 is 23.6 Å². The van der Waals surface area contributed by atoms with E-state index in [4.69, 9.17) is 9.47 Å². The highest BCUT2D eigenvalue weighted by molar-refractivity contribution is 6.06. The van der Waals surface area contributed by atoms with Gasteiger partial charge in [-0.3, -0.25) is 14.3 Å². The van der Waals surface area contributed by atoms with Gasteiger partial charge in [0.1, 0.15) is 18.1 Å². The van der Waals surface area contributed by atoms with Gasteiger partial charge in [0, 0.05) is 31.4 Å². The second-order valence-corrected chi connectivity index (χ2v) is 7.32. The molecule has 3 aromatic rings. The van der Waals surface area contributed by atoms with Gasteiger partial charge in [-0.05, 0) is 49.8 Å². The van der Waals surface area contributed by atoms with E-state index in [1.165, 1.54) is 13.1 Å². The molecular formula is C25H28N4O4. The molecule has 2 aromatic carbocycles. The number of anilines is 1. The van der Waals surface area contributed by atoms with Crippen molar-refractivity contribution in [3.05, 3.63) is 77.1 Å². The van der Waals surface area contributed by atoms with Crippen LogP contribution in [0.3, 0.4) is 0 Å². The number of aromatic nitrogens is 2. The summed E-state index contributed by atoms with van der Waals surface area (Å²) in [5.74, 6) is 0.729. The lowest BCUT2D eigenvalue weighted by Gasteiger charge is -2.11. The summed E-state index contributed by atoms with van der Waals surface area (Å²) < 4.78 is 12.9.